The summed E-state index contributed by atoms with van der Waals surface area (Å²) in [4.78, 5) is 14.7. The summed E-state index contributed by atoms with van der Waals surface area (Å²) in [5, 5.41) is 6.15. The fourth-order valence-corrected chi connectivity index (χ4v) is 4.05. The monoisotopic (exact) mass is 331 g/mol. The molecule has 1 aromatic carbocycles. The minimum atomic E-state index is -0.0480. The van der Waals surface area contributed by atoms with Crippen molar-refractivity contribution in [2.24, 2.45) is 0 Å². The molecule has 2 atom stereocenters. The molecule has 0 aromatic heterocycles. The Labute approximate surface area is 142 Å². The highest BCUT2D eigenvalue weighted by Crippen LogP contribution is 2.32. The van der Waals surface area contributed by atoms with Crippen molar-refractivity contribution >= 4 is 6.03 Å². The number of nitrogens with one attached hydrogen (secondary N) is 2. The third-order valence-corrected chi connectivity index (χ3v) is 5.31. The number of urea groups is 1. The molecule has 6 heteroatoms. The maximum Gasteiger partial charge on any atom is 0.315 e. The van der Waals surface area contributed by atoms with Gasteiger partial charge in [-0.05, 0) is 49.9 Å². The summed E-state index contributed by atoms with van der Waals surface area (Å²) in [6, 6.07) is 6.72. The molecule has 0 unspecified atom stereocenters. The smallest absolute Gasteiger partial charge is 0.315 e. The fourth-order valence-electron chi connectivity index (χ4n) is 4.05. The van der Waals surface area contributed by atoms with Gasteiger partial charge in [-0.15, -0.1) is 0 Å². The van der Waals surface area contributed by atoms with E-state index in [1.165, 1.54) is 25.8 Å². The molecule has 0 spiro atoms. The minimum Gasteiger partial charge on any atom is -0.454 e. The highest BCUT2D eigenvalue weighted by atomic mass is 16.7. The number of ether oxygens (including phenoxy) is 2. The molecular weight excluding hydrogens is 306 g/mol. The van der Waals surface area contributed by atoms with Crippen LogP contribution in [0.25, 0.3) is 0 Å². The van der Waals surface area contributed by atoms with E-state index in [0.29, 0.717) is 25.4 Å². The van der Waals surface area contributed by atoms with Gasteiger partial charge in [0.2, 0.25) is 6.79 Å². The lowest BCUT2D eigenvalue weighted by atomic mass is 9.99. The number of benzene rings is 1. The lowest BCUT2D eigenvalue weighted by Crippen LogP contribution is -2.49. The standard InChI is InChI=1S/C18H25N3O3/c22-18(20-14-7-10-21-9-2-1-3-15(14)21)19-8-6-13-4-5-16-17(11-13)24-12-23-16/h4-5,11,14-15H,1-3,6-10,12H2,(H2,19,20,22)/t14-,15+/m1/s1. The third-order valence-electron chi connectivity index (χ3n) is 5.31. The first kappa shape index (κ1) is 15.6. The van der Waals surface area contributed by atoms with Gasteiger partial charge in [0.15, 0.2) is 11.5 Å². The fraction of sp³-hybridized carbons (Fsp3) is 0.611. The van der Waals surface area contributed by atoms with Gasteiger partial charge in [-0.2, -0.15) is 0 Å². The van der Waals surface area contributed by atoms with Gasteiger partial charge in [-0.3, -0.25) is 4.90 Å². The number of piperidine rings is 1. The Morgan fingerprint density at radius 1 is 1.17 bits per heavy atom. The molecule has 2 fully saturated rings. The lowest BCUT2D eigenvalue weighted by Gasteiger charge is -2.32. The van der Waals surface area contributed by atoms with Crippen molar-refractivity contribution in [2.75, 3.05) is 26.4 Å². The lowest BCUT2D eigenvalue weighted by molar-refractivity contribution is 0.174. The van der Waals surface area contributed by atoms with Gasteiger partial charge in [-0.25, -0.2) is 4.79 Å². The SMILES string of the molecule is O=C(NCCc1ccc2c(c1)OCO2)N[C@@H]1CCN2CCCC[C@@H]12. The van der Waals surface area contributed by atoms with E-state index >= 15 is 0 Å². The predicted molar refractivity (Wildman–Crippen MR) is 90.4 cm³/mol. The zero-order valence-electron chi connectivity index (χ0n) is 13.9. The molecule has 1 aromatic rings. The molecule has 3 heterocycles. The van der Waals surface area contributed by atoms with Crippen LogP contribution >= 0.6 is 0 Å². The first-order valence-corrected chi connectivity index (χ1v) is 8.96. The van der Waals surface area contributed by atoms with E-state index in [-0.39, 0.29) is 6.03 Å². The maximum atomic E-state index is 12.2. The Morgan fingerprint density at radius 3 is 3.04 bits per heavy atom. The number of nitrogens with zero attached hydrogens (tertiary/aromatic N) is 1. The Balaban J connectivity index is 1.22. The van der Waals surface area contributed by atoms with Crippen molar-refractivity contribution in [1.82, 2.24) is 15.5 Å². The van der Waals surface area contributed by atoms with Gasteiger partial charge in [0.05, 0.1) is 0 Å². The van der Waals surface area contributed by atoms with Gasteiger partial charge in [0.25, 0.3) is 0 Å². The summed E-state index contributed by atoms with van der Waals surface area (Å²) in [5.41, 5.74) is 1.14. The molecular formula is C18H25N3O3. The largest absolute Gasteiger partial charge is 0.454 e. The van der Waals surface area contributed by atoms with Crippen LogP contribution in [0.3, 0.4) is 0 Å². The number of rotatable bonds is 4. The second-order valence-electron chi connectivity index (χ2n) is 6.83. The van der Waals surface area contributed by atoms with E-state index in [2.05, 4.69) is 15.5 Å². The molecule has 6 nitrogen and oxygen atoms in total. The van der Waals surface area contributed by atoms with Crippen LogP contribution < -0.4 is 20.1 Å². The molecule has 3 aliphatic rings. The van der Waals surface area contributed by atoms with E-state index in [0.717, 1.165) is 36.4 Å². The topological polar surface area (TPSA) is 62.8 Å². The third kappa shape index (κ3) is 3.29. The summed E-state index contributed by atoms with van der Waals surface area (Å²) in [6.45, 7) is 3.22. The summed E-state index contributed by atoms with van der Waals surface area (Å²) in [7, 11) is 0. The first-order valence-electron chi connectivity index (χ1n) is 8.96. The van der Waals surface area contributed by atoms with Crippen LogP contribution in [0.5, 0.6) is 11.5 Å². The number of carbonyl (C=O) groups excluding carboxylic acids is 1. The molecule has 2 N–H and O–H groups in total. The molecule has 3 aliphatic heterocycles. The molecule has 0 aliphatic carbocycles. The van der Waals surface area contributed by atoms with Gasteiger partial charge in [0.1, 0.15) is 0 Å². The molecule has 4 rings (SSSR count). The van der Waals surface area contributed by atoms with Crippen molar-refractivity contribution in [3.05, 3.63) is 23.8 Å². The average molecular weight is 331 g/mol. The van der Waals surface area contributed by atoms with Crippen LogP contribution in [0.1, 0.15) is 31.2 Å². The number of hydrogen-bond acceptors (Lipinski definition) is 4. The van der Waals surface area contributed by atoms with E-state index in [9.17, 15) is 4.79 Å². The molecule has 2 amide bonds. The van der Waals surface area contributed by atoms with Gasteiger partial charge in [0, 0.05) is 25.2 Å². The summed E-state index contributed by atoms with van der Waals surface area (Å²) in [6.07, 6.45) is 5.64. The van der Waals surface area contributed by atoms with Crippen LogP contribution in [0.2, 0.25) is 0 Å². The molecule has 130 valence electrons. The Bertz CT molecular complexity index is 607. The molecule has 2 saturated heterocycles. The molecule has 24 heavy (non-hydrogen) atoms. The average Bonchev–Trinajstić information content (AvgIpc) is 3.22. The summed E-state index contributed by atoms with van der Waals surface area (Å²) < 4.78 is 10.7. The zero-order chi connectivity index (χ0) is 16.4. The number of fused-ring (bicyclic) bond motifs is 2. The van der Waals surface area contributed by atoms with E-state index < -0.39 is 0 Å². The van der Waals surface area contributed by atoms with Crippen molar-refractivity contribution in [1.29, 1.82) is 0 Å². The van der Waals surface area contributed by atoms with Crippen LogP contribution in [0.15, 0.2) is 18.2 Å². The number of carbonyl (C=O) groups is 1. The van der Waals surface area contributed by atoms with Crippen molar-refractivity contribution in [3.63, 3.8) is 0 Å². The van der Waals surface area contributed by atoms with Crippen LogP contribution in [-0.4, -0.2) is 49.4 Å². The van der Waals surface area contributed by atoms with Crippen LogP contribution in [-0.2, 0) is 6.42 Å². The highest BCUT2D eigenvalue weighted by Gasteiger charge is 2.36. The number of hydrogen-bond donors (Lipinski definition) is 2. The first-order chi connectivity index (χ1) is 11.8. The maximum absolute atomic E-state index is 12.2. The van der Waals surface area contributed by atoms with Crippen molar-refractivity contribution in [3.8, 4) is 11.5 Å². The van der Waals surface area contributed by atoms with E-state index in [1.807, 2.05) is 18.2 Å². The molecule has 0 bridgehead atoms. The number of amides is 2. The predicted octanol–water partition coefficient (Wildman–Crippen LogP) is 1.88. The minimum absolute atomic E-state index is 0.0480. The van der Waals surface area contributed by atoms with E-state index in [4.69, 9.17) is 9.47 Å². The van der Waals surface area contributed by atoms with Gasteiger partial charge in [-0.1, -0.05) is 12.5 Å². The Morgan fingerprint density at radius 2 is 2.08 bits per heavy atom. The molecule has 0 radical (unpaired) electrons. The van der Waals surface area contributed by atoms with Crippen LogP contribution in [0, 0.1) is 0 Å². The summed E-state index contributed by atoms with van der Waals surface area (Å²) >= 11 is 0. The van der Waals surface area contributed by atoms with E-state index in [1.54, 1.807) is 0 Å². The quantitative estimate of drug-likeness (QED) is 0.884. The highest BCUT2D eigenvalue weighted by molar-refractivity contribution is 5.74. The van der Waals surface area contributed by atoms with Crippen LogP contribution in [0.4, 0.5) is 4.79 Å². The normalized spacial score (nSPS) is 25.3. The van der Waals surface area contributed by atoms with Crippen molar-refractivity contribution < 1.29 is 14.3 Å². The Kier molecular flexibility index (Phi) is 4.47. The Hall–Kier alpha value is -1.95. The second kappa shape index (κ2) is 6.89. The second-order valence-corrected chi connectivity index (χ2v) is 6.83. The zero-order valence-corrected chi connectivity index (χ0v) is 13.9. The molecule has 0 saturated carbocycles. The van der Waals surface area contributed by atoms with Gasteiger partial charge < -0.3 is 20.1 Å². The van der Waals surface area contributed by atoms with Crippen molar-refractivity contribution in [2.45, 2.75) is 44.2 Å². The summed E-state index contributed by atoms with van der Waals surface area (Å²) in [5.74, 6) is 1.59. The van der Waals surface area contributed by atoms with Gasteiger partial charge >= 0.3 is 6.03 Å².